The Morgan fingerprint density at radius 2 is 1.04 bits per heavy atom. The lowest BCUT2D eigenvalue weighted by atomic mass is 10.0. The molecule has 2 aromatic heterocycles. The fourth-order valence-corrected chi connectivity index (χ4v) is 6.49. The molecule has 0 fully saturated rings. The molecule has 2 rings (SSSR count). The summed E-state index contributed by atoms with van der Waals surface area (Å²) in [6, 6.07) is 0. The van der Waals surface area contributed by atoms with Crippen molar-refractivity contribution in [2.45, 2.75) is 206 Å². The molecule has 11 heteroatoms. The van der Waals surface area contributed by atoms with E-state index in [4.69, 9.17) is 19.9 Å². The van der Waals surface area contributed by atoms with Gasteiger partial charge in [0.05, 0.1) is 6.33 Å². The summed E-state index contributed by atoms with van der Waals surface area (Å²) in [6.45, 7) is 4.37. The van der Waals surface area contributed by atoms with Gasteiger partial charge in [0.1, 0.15) is 26.0 Å². The average molecular weight is 732 g/mol. The van der Waals surface area contributed by atoms with E-state index in [1.165, 1.54) is 135 Å². The quantitative estimate of drug-likeness (QED) is 0.0521. The molecule has 0 spiro atoms. The first-order valence-electron chi connectivity index (χ1n) is 21.1. The molecule has 2 aromatic rings. The van der Waals surface area contributed by atoms with Gasteiger partial charge in [-0.2, -0.15) is 4.98 Å². The maximum atomic E-state index is 12.6. The second-order valence-corrected chi connectivity index (χ2v) is 14.6. The van der Waals surface area contributed by atoms with Crippen LogP contribution in [0.3, 0.4) is 0 Å². The van der Waals surface area contributed by atoms with Crippen LogP contribution in [0.5, 0.6) is 0 Å². The van der Waals surface area contributed by atoms with Crippen LogP contribution < -0.4 is 11.3 Å². The zero-order chi connectivity index (χ0) is 37.5. The van der Waals surface area contributed by atoms with Crippen molar-refractivity contribution in [2.75, 3.05) is 18.9 Å². The van der Waals surface area contributed by atoms with E-state index in [1.807, 2.05) is 0 Å². The van der Waals surface area contributed by atoms with Crippen molar-refractivity contribution in [1.82, 2.24) is 19.5 Å². The summed E-state index contributed by atoms with van der Waals surface area (Å²) in [7, 11) is 0. The molecular weight excluding hydrogens is 658 g/mol. The van der Waals surface area contributed by atoms with Crippen LogP contribution in [-0.4, -0.2) is 50.8 Å². The van der Waals surface area contributed by atoms with E-state index < -0.39 is 11.7 Å². The number of nitrogens with one attached hydrogen (secondary N) is 1. The first-order valence-corrected chi connectivity index (χ1v) is 21.1. The Morgan fingerprint density at radius 1 is 0.654 bits per heavy atom. The number of unbranched alkanes of at least 4 members (excludes halogenated alkanes) is 24. The maximum Gasteiger partial charge on any atom is 0.305 e. The molecule has 0 aromatic carbocycles. The van der Waals surface area contributed by atoms with Gasteiger partial charge in [-0.25, -0.2) is 4.98 Å². The number of esters is 2. The SMILES string of the molecule is CCCCCCCCCCCCCCCC(=O)OCC(COC(=O)CCCCCCCCCCCCCCC)OCn1cnc2c(=O)[nH]c(N)nc21. The number of nitrogens with two attached hydrogens (primary N) is 1. The van der Waals surface area contributed by atoms with Crippen LogP contribution in [0.15, 0.2) is 11.1 Å². The third kappa shape index (κ3) is 22.2. The van der Waals surface area contributed by atoms with Gasteiger partial charge in [0.2, 0.25) is 5.95 Å². The van der Waals surface area contributed by atoms with E-state index in [1.54, 1.807) is 4.57 Å². The Kier molecular flexibility index (Phi) is 26.5. The predicted octanol–water partition coefficient (Wildman–Crippen LogP) is 10.1. The Balaban J connectivity index is 1.65. The molecule has 3 N–H and O–H groups in total. The van der Waals surface area contributed by atoms with Crippen molar-refractivity contribution >= 4 is 29.1 Å². The van der Waals surface area contributed by atoms with Crippen molar-refractivity contribution in [3.8, 4) is 0 Å². The van der Waals surface area contributed by atoms with Crippen LogP contribution in [0.4, 0.5) is 5.95 Å². The van der Waals surface area contributed by atoms with Gasteiger partial charge in [-0.15, -0.1) is 0 Å². The molecule has 0 aliphatic heterocycles. The summed E-state index contributed by atoms with van der Waals surface area (Å²) in [5.41, 5.74) is 5.70. The van der Waals surface area contributed by atoms with Crippen LogP contribution in [0.25, 0.3) is 11.2 Å². The van der Waals surface area contributed by atoms with Crippen LogP contribution in [-0.2, 0) is 30.5 Å². The number of nitrogens with zero attached hydrogens (tertiary/aromatic N) is 3. The standard InChI is InChI=1S/C41H73N5O6/c1-3-5-7-9-11-13-15-17-19-21-23-25-27-29-36(47)50-31-35(52-34-46-33-43-38-39(46)44-41(42)45-40(38)49)32-51-37(48)30-28-26-24-22-20-18-16-14-12-10-8-6-4-2/h33,35H,3-32,34H2,1-2H3,(H3,42,44,45,49). The lowest BCUT2D eigenvalue weighted by Crippen LogP contribution is -2.29. The molecule has 0 saturated carbocycles. The summed E-state index contributed by atoms with van der Waals surface area (Å²) in [6.07, 6.45) is 33.7. The highest BCUT2D eigenvalue weighted by atomic mass is 16.6. The molecule has 2 heterocycles. The second kappa shape index (κ2) is 30.5. The number of ether oxygens (including phenoxy) is 3. The Morgan fingerprint density at radius 3 is 1.44 bits per heavy atom. The van der Waals surface area contributed by atoms with Gasteiger partial charge in [-0.3, -0.25) is 23.9 Å². The second-order valence-electron chi connectivity index (χ2n) is 14.6. The van der Waals surface area contributed by atoms with E-state index >= 15 is 0 Å². The fourth-order valence-electron chi connectivity index (χ4n) is 6.49. The van der Waals surface area contributed by atoms with Gasteiger partial charge in [0, 0.05) is 12.8 Å². The first kappa shape index (κ1) is 45.2. The van der Waals surface area contributed by atoms with Gasteiger partial charge < -0.3 is 19.9 Å². The number of aromatic nitrogens is 4. The number of nitrogen functional groups attached to an aromatic ring is 1. The number of anilines is 1. The summed E-state index contributed by atoms with van der Waals surface area (Å²) in [5, 5.41) is 0. The number of carbonyl (C=O) groups excluding carboxylic acids is 2. The highest BCUT2D eigenvalue weighted by molar-refractivity contribution is 5.70. The Bertz CT molecular complexity index is 1200. The smallest absolute Gasteiger partial charge is 0.305 e. The minimum Gasteiger partial charge on any atom is -0.463 e. The minimum atomic E-state index is -0.692. The van der Waals surface area contributed by atoms with Gasteiger partial charge >= 0.3 is 11.9 Å². The molecule has 298 valence electrons. The number of H-pyrrole nitrogens is 1. The number of hydrogen-bond donors (Lipinski definition) is 2. The van der Waals surface area contributed by atoms with Crippen molar-refractivity contribution in [1.29, 1.82) is 0 Å². The third-order valence-corrected chi connectivity index (χ3v) is 9.77. The number of aromatic amines is 1. The average Bonchev–Trinajstić information content (AvgIpc) is 3.54. The van der Waals surface area contributed by atoms with Gasteiger partial charge in [-0.05, 0) is 12.8 Å². The molecule has 0 atom stereocenters. The number of hydrogen-bond acceptors (Lipinski definition) is 9. The molecule has 52 heavy (non-hydrogen) atoms. The molecule has 0 aliphatic rings. The maximum absolute atomic E-state index is 12.6. The van der Waals surface area contributed by atoms with Crippen LogP contribution in [0.2, 0.25) is 0 Å². The zero-order valence-corrected chi connectivity index (χ0v) is 32.9. The zero-order valence-electron chi connectivity index (χ0n) is 32.9. The van der Waals surface area contributed by atoms with E-state index in [-0.39, 0.29) is 49.0 Å². The van der Waals surface area contributed by atoms with Crippen molar-refractivity contribution < 1.29 is 23.8 Å². The minimum absolute atomic E-state index is 0.0278. The van der Waals surface area contributed by atoms with Crippen molar-refractivity contribution in [3.05, 3.63) is 16.7 Å². The summed E-state index contributed by atoms with van der Waals surface area (Å²) in [4.78, 5) is 48.0. The topological polar surface area (TPSA) is 151 Å². The molecule has 0 unspecified atom stereocenters. The lowest BCUT2D eigenvalue weighted by Gasteiger charge is -2.18. The monoisotopic (exact) mass is 732 g/mol. The molecule has 0 bridgehead atoms. The van der Waals surface area contributed by atoms with Gasteiger partial charge in [-0.1, -0.05) is 168 Å². The third-order valence-electron chi connectivity index (χ3n) is 9.77. The summed E-state index contributed by atoms with van der Waals surface area (Å²) in [5.74, 6) is -0.604. The molecule has 0 radical (unpaired) electrons. The fraction of sp³-hybridized carbons (Fsp3) is 0.829. The highest BCUT2D eigenvalue weighted by Gasteiger charge is 2.18. The summed E-state index contributed by atoms with van der Waals surface area (Å²) >= 11 is 0. The van der Waals surface area contributed by atoms with Crippen molar-refractivity contribution in [3.63, 3.8) is 0 Å². The highest BCUT2D eigenvalue weighted by Crippen LogP contribution is 2.15. The Hall–Kier alpha value is -2.95. The number of carbonyl (C=O) groups is 2. The Labute approximate surface area is 313 Å². The van der Waals surface area contributed by atoms with E-state index in [2.05, 4.69) is 28.8 Å². The van der Waals surface area contributed by atoms with Crippen LogP contribution in [0, 0.1) is 0 Å². The molecular formula is C41H73N5O6. The molecule has 0 saturated heterocycles. The normalized spacial score (nSPS) is 11.5. The van der Waals surface area contributed by atoms with Gasteiger partial charge in [0.15, 0.2) is 11.2 Å². The molecule has 0 aliphatic carbocycles. The molecule has 0 amide bonds. The number of imidazole rings is 1. The van der Waals surface area contributed by atoms with Crippen LogP contribution in [0.1, 0.15) is 194 Å². The van der Waals surface area contributed by atoms with E-state index in [9.17, 15) is 14.4 Å². The predicted molar refractivity (Wildman–Crippen MR) is 210 cm³/mol. The van der Waals surface area contributed by atoms with Gasteiger partial charge in [0.25, 0.3) is 5.56 Å². The van der Waals surface area contributed by atoms with Crippen molar-refractivity contribution in [2.24, 2.45) is 0 Å². The lowest BCUT2D eigenvalue weighted by molar-refractivity contribution is -0.157. The van der Waals surface area contributed by atoms with E-state index in [0.29, 0.717) is 12.8 Å². The van der Waals surface area contributed by atoms with E-state index in [0.717, 1.165) is 38.5 Å². The summed E-state index contributed by atoms with van der Waals surface area (Å²) < 4.78 is 18.6. The largest absolute Gasteiger partial charge is 0.463 e. The van der Waals surface area contributed by atoms with Crippen LogP contribution >= 0.6 is 0 Å². The number of rotatable bonds is 35. The molecule has 11 nitrogen and oxygen atoms in total. The number of fused-ring (bicyclic) bond motifs is 1. The first-order chi connectivity index (χ1) is 25.4.